The summed E-state index contributed by atoms with van der Waals surface area (Å²) in [6.45, 7) is -0.208. The topological polar surface area (TPSA) is 83.9 Å². The smallest absolute Gasteiger partial charge is 0.265 e. The Morgan fingerprint density at radius 2 is 2.13 bits per heavy atom. The average molecular weight is 310 g/mol. The van der Waals surface area contributed by atoms with Gasteiger partial charge >= 0.3 is 0 Å². The number of nitrogens with one attached hydrogen (secondary N) is 1. The molecule has 7 nitrogen and oxygen atoms in total. The molecule has 0 saturated carbocycles. The van der Waals surface area contributed by atoms with Crippen molar-refractivity contribution in [2.45, 2.75) is 0 Å². The molecule has 0 fully saturated rings. The zero-order chi connectivity index (χ0) is 16.1. The Kier molecular flexibility index (Phi) is 4.28. The highest BCUT2D eigenvalue weighted by atomic mass is 16.5. The molecule has 2 heterocycles. The maximum absolute atomic E-state index is 12.0. The summed E-state index contributed by atoms with van der Waals surface area (Å²) in [7, 11) is 0. The molecule has 0 atom stereocenters. The Morgan fingerprint density at radius 3 is 2.96 bits per heavy atom. The van der Waals surface area contributed by atoms with Crippen LogP contribution in [0.2, 0.25) is 0 Å². The molecule has 0 radical (unpaired) electrons. The summed E-state index contributed by atoms with van der Waals surface area (Å²) in [6, 6.07) is 12.5. The molecule has 0 saturated heterocycles. The van der Waals surface area contributed by atoms with Crippen molar-refractivity contribution in [3.05, 3.63) is 54.4 Å². The highest BCUT2D eigenvalue weighted by molar-refractivity contribution is 6.02. The summed E-state index contributed by atoms with van der Waals surface area (Å²) in [5.41, 5.74) is 3.59. The normalized spacial score (nSPS) is 13.6. The number of carbonyl (C=O) groups is 2. The van der Waals surface area contributed by atoms with Crippen molar-refractivity contribution in [1.29, 1.82) is 0 Å². The first-order valence-electron chi connectivity index (χ1n) is 6.99. The van der Waals surface area contributed by atoms with Crippen molar-refractivity contribution < 1.29 is 14.3 Å². The van der Waals surface area contributed by atoms with Crippen LogP contribution in [0.3, 0.4) is 0 Å². The van der Waals surface area contributed by atoms with Gasteiger partial charge in [0.25, 0.3) is 11.8 Å². The van der Waals surface area contributed by atoms with E-state index in [1.54, 1.807) is 36.5 Å². The lowest BCUT2D eigenvalue weighted by Crippen LogP contribution is -2.44. The van der Waals surface area contributed by atoms with Gasteiger partial charge in [-0.2, -0.15) is 5.10 Å². The fourth-order valence-corrected chi connectivity index (χ4v) is 2.13. The van der Waals surface area contributed by atoms with E-state index in [4.69, 9.17) is 4.74 Å². The molecule has 7 heteroatoms. The molecule has 1 aliphatic heterocycles. The van der Waals surface area contributed by atoms with E-state index in [9.17, 15) is 9.59 Å². The fraction of sp³-hybridized carbons (Fsp3) is 0.125. The van der Waals surface area contributed by atoms with Crippen molar-refractivity contribution in [3.63, 3.8) is 0 Å². The zero-order valence-electron chi connectivity index (χ0n) is 12.2. The minimum Gasteiger partial charge on any atom is -0.482 e. The molecule has 1 aromatic carbocycles. The summed E-state index contributed by atoms with van der Waals surface area (Å²) >= 11 is 0. The number of hydrazone groups is 1. The number of ether oxygens (including phenoxy) is 1. The first kappa shape index (κ1) is 14.7. The second kappa shape index (κ2) is 6.69. The van der Waals surface area contributed by atoms with Gasteiger partial charge < -0.3 is 4.74 Å². The minimum absolute atomic E-state index is 0.0818. The first-order chi connectivity index (χ1) is 11.2. The Balaban J connectivity index is 1.64. The van der Waals surface area contributed by atoms with Crippen LogP contribution in [0.5, 0.6) is 5.75 Å². The molecule has 2 amide bonds. The van der Waals surface area contributed by atoms with Gasteiger partial charge in [-0.25, -0.2) is 5.43 Å². The molecule has 1 aliphatic rings. The largest absolute Gasteiger partial charge is 0.482 e. The van der Waals surface area contributed by atoms with E-state index in [0.717, 1.165) is 0 Å². The Labute approximate surface area is 132 Å². The fourth-order valence-electron chi connectivity index (χ4n) is 2.13. The molecule has 3 rings (SSSR count). The van der Waals surface area contributed by atoms with Crippen molar-refractivity contribution in [3.8, 4) is 5.75 Å². The molecule has 23 heavy (non-hydrogen) atoms. The lowest BCUT2D eigenvalue weighted by atomic mass is 10.2. The monoisotopic (exact) mass is 310 g/mol. The molecule has 1 aromatic heterocycles. The number of hydrogen-bond acceptors (Lipinski definition) is 5. The molecular formula is C16H14N4O3. The lowest BCUT2D eigenvalue weighted by molar-refractivity contribution is -0.125. The van der Waals surface area contributed by atoms with E-state index in [1.807, 2.05) is 12.1 Å². The van der Waals surface area contributed by atoms with Crippen molar-refractivity contribution >= 4 is 23.7 Å². The number of amides is 2. The number of fused-ring (bicyclic) bond motifs is 1. The predicted molar refractivity (Wildman–Crippen MR) is 84.3 cm³/mol. The van der Waals surface area contributed by atoms with E-state index >= 15 is 0 Å². The number of para-hydroxylation sites is 2. The van der Waals surface area contributed by atoms with Gasteiger partial charge in [-0.3, -0.25) is 19.5 Å². The average Bonchev–Trinajstić information content (AvgIpc) is 2.58. The van der Waals surface area contributed by atoms with E-state index in [0.29, 0.717) is 17.1 Å². The number of benzene rings is 1. The van der Waals surface area contributed by atoms with Gasteiger partial charge in [0.1, 0.15) is 12.3 Å². The zero-order valence-corrected chi connectivity index (χ0v) is 12.2. The Bertz CT molecular complexity index is 746. The van der Waals surface area contributed by atoms with E-state index < -0.39 is 5.91 Å². The molecule has 0 spiro atoms. The van der Waals surface area contributed by atoms with Gasteiger partial charge in [0.05, 0.1) is 17.6 Å². The van der Waals surface area contributed by atoms with Gasteiger partial charge in [0, 0.05) is 6.20 Å². The maximum atomic E-state index is 12.0. The second-order valence-electron chi connectivity index (χ2n) is 4.78. The predicted octanol–water partition coefficient (Wildman–Crippen LogP) is 0.957. The molecule has 2 aromatic rings. The number of rotatable bonds is 4. The van der Waals surface area contributed by atoms with Gasteiger partial charge in [-0.05, 0) is 24.3 Å². The molecule has 0 unspecified atom stereocenters. The molecule has 116 valence electrons. The standard InChI is InChI=1S/C16H14N4O3/c21-15(19-18-9-12-5-3-4-8-17-12)10-20-13-6-1-2-7-14(13)23-11-16(20)22/h1-9H,10-11H2,(H,19,21)/b18-9-. The van der Waals surface area contributed by atoms with Crippen LogP contribution in [0.1, 0.15) is 5.69 Å². The number of nitrogens with zero attached hydrogens (tertiary/aromatic N) is 3. The number of aromatic nitrogens is 1. The molecule has 1 N–H and O–H groups in total. The van der Waals surface area contributed by atoms with Crippen LogP contribution >= 0.6 is 0 Å². The first-order valence-corrected chi connectivity index (χ1v) is 6.99. The molecular weight excluding hydrogens is 296 g/mol. The van der Waals surface area contributed by atoms with Gasteiger partial charge in [0.2, 0.25) is 0 Å². The third-order valence-electron chi connectivity index (χ3n) is 3.18. The third-order valence-corrected chi connectivity index (χ3v) is 3.18. The van der Waals surface area contributed by atoms with Crippen LogP contribution in [0.4, 0.5) is 5.69 Å². The minimum atomic E-state index is -0.401. The van der Waals surface area contributed by atoms with Gasteiger partial charge in [-0.1, -0.05) is 18.2 Å². The van der Waals surface area contributed by atoms with Gasteiger partial charge in [-0.15, -0.1) is 0 Å². The van der Waals surface area contributed by atoms with Crippen LogP contribution in [0, 0.1) is 0 Å². The quantitative estimate of drug-likeness (QED) is 0.673. The van der Waals surface area contributed by atoms with E-state index in [-0.39, 0.29) is 19.1 Å². The number of carbonyl (C=O) groups excluding carboxylic acids is 2. The summed E-state index contributed by atoms with van der Waals surface area (Å²) < 4.78 is 5.33. The third kappa shape index (κ3) is 3.52. The molecule has 0 aliphatic carbocycles. The number of pyridine rings is 1. The SMILES string of the molecule is O=C(CN1C(=O)COc2ccccc21)N/N=C\c1ccccn1. The Hall–Kier alpha value is -3.22. The van der Waals surface area contributed by atoms with Crippen molar-refractivity contribution in [2.75, 3.05) is 18.1 Å². The van der Waals surface area contributed by atoms with Crippen LogP contribution in [0.15, 0.2) is 53.8 Å². The summed E-state index contributed by atoms with van der Waals surface area (Å²) in [5.74, 6) is -0.0910. The lowest BCUT2D eigenvalue weighted by Gasteiger charge is -2.28. The number of anilines is 1. The number of hydrogen-bond donors (Lipinski definition) is 1. The summed E-state index contributed by atoms with van der Waals surface area (Å²) in [5, 5.41) is 3.83. The van der Waals surface area contributed by atoms with Crippen LogP contribution in [-0.2, 0) is 9.59 Å². The Morgan fingerprint density at radius 1 is 1.30 bits per heavy atom. The van der Waals surface area contributed by atoms with Crippen molar-refractivity contribution in [2.24, 2.45) is 5.10 Å². The highest BCUT2D eigenvalue weighted by Crippen LogP contribution is 2.30. The van der Waals surface area contributed by atoms with Gasteiger partial charge in [0.15, 0.2) is 6.61 Å². The second-order valence-corrected chi connectivity index (χ2v) is 4.78. The summed E-state index contributed by atoms with van der Waals surface area (Å²) in [4.78, 5) is 29.4. The van der Waals surface area contributed by atoms with E-state index in [2.05, 4.69) is 15.5 Å². The maximum Gasteiger partial charge on any atom is 0.265 e. The van der Waals surface area contributed by atoms with Crippen LogP contribution in [0.25, 0.3) is 0 Å². The summed E-state index contributed by atoms with van der Waals surface area (Å²) in [6.07, 6.45) is 3.07. The van der Waals surface area contributed by atoms with E-state index in [1.165, 1.54) is 11.1 Å². The molecule has 0 bridgehead atoms. The van der Waals surface area contributed by atoms with Crippen LogP contribution < -0.4 is 15.1 Å². The van der Waals surface area contributed by atoms with Crippen LogP contribution in [-0.4, -0.2) is 36.2 Å². The highest BCUT2D eigenvalue weighted by Gasteiger charge is 2.26. The van der Waals surface area contributed by atoms with Crippen molar-refractivity contribution in [1.82, 2.24) is 10.4 Å².